The minimum absolute atomic E-state index is 0.0450. The van der Waals surface area contributed by atoms with Crippen molar-refractivity contribution in [1.82, 2.24) is 10.3 Å². The van der Waals surface area contributed by atoms with Crippen molar-refractivity contribution in [2.24, 2.45) is 5.92 Å². The zero-order chi connectivity index (χ0) is 24.5. The largest absolute Gasteiger partial charge is 0.477 e. The standard InChI is InChI=1S/C25H29FN2O5S/c1-15(33-13-16-8-10-27-11-9-16)19-4-3-5-20-22(24(25(29)30)28-23(19)20)17-6-7-18(21(26)12-17)14-34(2,31)32/h3-7,12,15-16,27-28H,8-11,13-14H2,1-2H3,(H,29,30)/t15-/m0/s1. The van der Waals surface area contributed by atoms with Gasteiger partial charge in [-0.05, 0) is 50.4 Å². The van der Waals surface area contributed by atoms with E-state index in [1.165, 1.54) is 12.1 Å². The quantitative estimate of drug-likeness (QED) is 0.436. The lowest BCUT2D eigenvalue weighted by atomic mass is 9.98. The third-order valence-corrected chi connectivity index (χ3v) is 7.15. The minimum Gasteiger partial charge on any atom is -0.477 e. The molecule has 3 N–H and O–H groups in total. The molecule has 2 aromatic carbocycles. The van der Waals surface area contributed by atoms with Gasteiger partial charge < -0.3 is 20.1 Å². The predicted octanol–water partition coefficient (Wildman–Crippen LogP) is 4.29. The fourth-order valence-corrected chi connectivity index (χ4v) is 5.36. The number of H-pyrrole nitrogens is 1. The van der Waals surface area contributed by atoms with Gasteiger partial charge in [0.2, 0.25) is 0 Å². The van der Waals surface area contributed by atoms with Crippen molar-refractivity contribution >= 4 is 26.7 Å². The van der Waals surface area contributed by atoms with Gasteiger partial charge in [0.15, 0.2) is 9.84 Å². The molecule has 1 fully saturated rings. The molecular formula is C25H29FN2O5S. The molecule has 0 bridgehead atoms. The van der Waals surface area contributed by atoms with Gasteiger partial charge in [0.05, 0.1) is 24.0 Å². The maximum absolute atomic E-state index is 14.7. The van der Waals surface area contributed by atoms with Crippen molar-refractivity contribution in [3.63, 3.8) is 0 Å². The van der Waals surface area contributed by atoms with E-state index in [1.54, 1.807) is 12.1 Å². The Bertz CT molecular complexity index is 1310. The van der Waals surface area contributed by atoms with Crippen LogP contribution < -0.4 is 5.32 Å². The summed E-state index contributed by atoms with van der Waals surface area (Å²) in [6, 6.07) is 9.67. The Morgan fingerprint density at radius 1 is 1.24 bits per heavy atom. The molecule has 0 spiro atoms. The summed E-state index contributed by atoms with van der Waals surface area (Å²) in [5.41, 5.74) is 2.17. The number of aromatic amines is 1. The van der Waals surface area contributed by atoms with Gasteiger partial charge in [0.1, 0.15) is 11.5 Å². The van der Waals surface area contributed by atoms with E-state index in [0.29, 0.717) is 34.6 Å². The van der Waals surface area contributed by atoms with E-state index >= 15 is 0 Å². The SMILES string of the molecule is C[C@H](OCC1CCNCC1)c1cccc2c(-c3ccc(CS(C)(=O)=O)c(F)c3)c(C(=O)O)[nH]c12. The highest BCUT2D eigenvalue weighted by Crippen LogP contribution is 2.37. The van der Waals surface area contributed by atoms with Crippen molar-refractivity contribution < 1.29 is 27.4 Å². The first-order valence-electron chi connectivity index (χ1n) is 11.3. The molecule has 0 saturated carbocycles. The number of nitrogens with one attached hydrogen (secondary N) is 2. The summed E-state index contributed by atoms with van der Waals surface area (Å²) >= 11 is 0. The third kappa shape index (κ3) is 5.32. The molecule has 0 unspecified atom stereocenters. The first-order chi connectivity index (χ1) is 16.1. The number of sulfone groups is 1. The van der Waals surface area contributed by atoms with Gasteiger partial charge in [-0.1, -0.05) is 30.3 Å². The van der Waals surface area contributed by atoms with Crippen LogP contribution in [0.1, 0.15) is 47.5 Å². The Kier molecular flexibility index (Phi) is 7.06. The third-order valence-electron chi connectivity index (χ3n) is 6.32. The number of carbonyl (C=O) groups is 1. The molecule has 34 heavy (non-hydrogen) atoms. The van der Waals surface area contributed by atoms with Crippen molar-refractivity contribution in [2.75, 3.05) is 26.0 Å². The molecule has 1 aliphatic rings. The Morgan fingerprint density at radius 2 is 1.97 bits per heavy atom. The Labute approximate surface area is 198 Å². The van der Waals surface area contributed by atoms with E-state index in [1.807, 2.05) is 19.1 Å². The van der Waals surface area contributed by atoms with Crippen LogP contribution in [0.4, 0.5) is 4.39 Å². The number of piperidine rings is 1. The summed E-state index contributed by atoms with van der Waals surface area (Å²) in [6.07, 6.45) is 2.90. The summed E-state index contributed by atoms with van der Waals surface area (Å²) in [5, 5.41) is 13.8. The fourth-order valence-electron chi connectivity index (χ4n) is 4.56. The van der Waals surface area contributed by atoms with Crippen molar-refractivity contribution in [1.29, 1.82) is 0 Å². The molecule has 1 atom stereocenters. The van der Waals surface area contributed by atoms with E-state index in [9.17, 15) is 22.7 Å². The van der Waals surface area contributed by atoms with Crippen LogP contribution in [0, 0.1) is 11.7 Å². The van der Waals surface area contributed by atoms with Gasteiger partial charge in [-0.2, -0.15) is 0 Å². The maximum Gasteiger partial charge on any atom is 0.352 e. The van der Waals surface area contributed by atoms with E-state index in [0.717, 1.165) is 37.8 Å². The minimum atomic E-state index is -3.41. The van der Waals surface area contributed by atoms with E-state index in [-0.39, 0.29) is 17.4 Å². The molecule has 1 aromatic heterocycles. The van der Waals surface area contributed by atoms with Crippen LogP contribution in [0.5, 0.6) is 0 Å². The summed E-state index contributed by atoms with van der Waals surface area (Å²) < 4.78 is 44.1. The number of aromatic carboxylic acids is 1. The van der Waals surface area contributed by atoms with Crippen molar-refractivity contribution in [3.8, 4) is 11.1 Å². The van der Waals surface area contributed by atoms with Crippen LogP contribution in [0.15, 0.2) is 36.4 Å². The zero-order valence-corrected chi connectivity index (χ0v) is 20.0. The van der Waals surface area contributed by atoms with Gasteiger partial charge in [0.25, 0.3) is 0 Å². The Hall–Kier alpha value is -2.75. The molecule has 1 saturated heterocycles. The van der Waals surface area contributed by atoms with Crippen LogP contribution in [0.25, 0.3) is 22.0 Å². The number of carboxylic acids is 1. The average molecular weight is 489 g/mol. The first-order valence-corrected chi connectivity index (χ1v) is 13.4. The molecule has 182 valence electrons. The smallest absolute Gasteiger partial charge is 0.352 e. The van der Waals surface area contributed by atoms with Gasteiger partial charge in [-0.15, -0.1) is 0 Å². The second-order valence-corrected chi connectivity index (χ2v) is 11.1. The second kappa shape index (κ2) is 9.85. The molecule has 0 aliphatic carbocycles. The number of fused-ring (bicyclic) bond motifs is 1. The lowest BCUT2D eigenvalue weighted by molar-refractivity contribution is 0.0326. The van der Waals surface area contributed by atoms with E-state index in [4.69, 9.17) is 4.74 Å². The number of hydrogen-bond donors (Lipinski definition) is 3. The topological polar surface area (TPSA) is 108 Å². The molecular weight excluding hydrogens is 459 g/mol. The van der Waals surface area contributed by atoms with Crippen LogP contribution in [-0.4, -0.2) is 50.4 Å². The Balaban J connectivity index is 1.71. The lowest BCUT2D eigenvalue weighted by Gasteiger charge is -2.24. The number of carboxylic acid groups (broad SMARTS) is 1. The van der Waals surface area contributed by atoms with Gasteiger partial charge >= 0.3 is 5.97 Å². The molecule has 3 aromatic rings. The summed E-state index contributed by atoms with van der Waals surface area (Å²) in [4.78, 5) is 15.1. The zero-order valence-electron chi connectivity index (χ0n) is 19.2. The van der Waals surface area contributed by atoms with E-state index in [2.05, 4.69) is 10.3 Å². The number of rotatable bonds is 8. The highest BCUT2D eigenvalue weighted by molar-refractivity contribution is 7.89. The lowest BCUT2D eigenvalue weighted by Crippen LogP contribution is -2.30. The summed E-state index contributed by atoms with van der Waals surface area (Å²) in [6.45, 7) is 4.54. The molecule has 0 amide bonds. The average Bonchev–Trinajstić information content (AvgIpc) is 3.19. The number of ether oxygens (including phenoxy) is 1. The molecule has 4 rings (SSSR count). The molecule has 1 aliphatic heterocycles. The Morgan fingerprint density at radius 3 is 2.62 bits per heavy atom. The number of benzene rings is 2. The van der Waals surface area contributed by atoms with Gasteiger partial charge in [-0.3, -0.25) is 0 Å². The predicted molar refractivity (Wildman–Crippen MR) is 129 cm³/mol. The highest BCUT2D eigenvalue weighted by Gasteiger charge is 2.23. The molecule has 7 nitrogen and oxygen atoms in total. The van der Waals surface area contributed by atoms with E-state index < -0.39 is 27.4 Å². The van der Waals surface area contributed by atoms with Crippen molar-refractivity contribution in [3.05, 3.63) is 59.0 Å². The van der Waals surface area contributed by atoms with Crippen LogP contribution in [-0.2, 0) is 20.3 Å². The van der Waals surface area contributed by atoms with Crippen LogP contribution in [0.3, 0.4) is 0 Å². The molecule has 9 heteroatoms. The van der Waals surface area contributed by atoms with Crippen LogP contribution in [0.2, 0.25) is 0 Å². The summed E-state index contributed by atoms with van der Waals surface area (Å²) in [7, 11) is -3.41. The number of halogens is 1. The highest BCUT2D eigenvalue weighted by atomic mass is 32.2. The second-order valence-electron chi connectivity index (χ2n) is 9.00. The number of aromatic nitrogens is 1. The maximum atomic E-state index is 14.7. The fraction of sp³-hybridized carbons (Fsp3) is 0.400. The van der Waals surface area contributed by atoms with Gasteiger partial charge in [-0.25, -0.2) is 17.6 Å². The van der Waals surface area contributed by atoms with Gasteiger partial charge in [0, 0.05) is 28.3 Å². The molecule has 0 radical (unpaired) electrons. The number of para-hydroxylation sites is 1. The monoisotopic (exact) mass is 488 g/mol. The first kappa shape index (κ1) is 24.4. The normalized spacial score (nSPS) is 16.1. The number of hydrogen-bond acceptors (Lipinski definition) is 5. The van der Waals surface area contributed by atoms with Crippen molar-refractivity contribution in [2.45, 2.75) is 31.6 Å². The summed E-state index contributed by atoms with van der Waals surface area (Å²) in [5.74, 6) is -1.79. The molecule has 2 heterocycles. The van der Waals surface area contributed by atoms with Crippen LogP contribution >= 0.6 is 0 Å².